The first-order chi connectivity index (χ1) is 19.1. The number of benzene rings is 4. The van der Waals surface area contributed by atoms with Crippen molar-refractivity contribution in [3.05, 3.63) is 138 Å². The molecule has 0 radical (unpaired) electrons. The highest BCUT2D eigenvalue weighted by Crippen LogP contribution is 2.32. The van der Waals surface area contributed by atoms with Crippen LogP contribution in [0.15, 0.2) is 109 Å². The van der Waals surface area contributed by atoms with Gasteiger partial charge in [-0.2, -0.15) is 0 Å². The normalized spacial score (nSPS) is 11.3. The summed E-state index contributed by atoms with van der Waals surface area (Å²) < 4.78 is 30.6. The van der Waals surface area contributed by atoms with Crippen molar-refractivity contribution >= 4 is 0 Å². The molecule has 3 nitrogen and oxygen atoms in total. The number of halogens is 2. The predicted molar refractivity (Wildman–Crippen MR) is 154 cm³/mol. The molecular formula is C34H33F2N3. The van der Waals surface area contributed by atoms with E-state index in [4.69, 9.17) is 4.98 Å². The van der Waals surface area contributed by atoms with E-state index in [9.17, 15) is 8.78 Å². The highest BCUT2D eigenvalue weighted by molar-refractivity contribution is 5.68. The average molecular weight is 522 g/mol. The lowest BCUT2D eigenvalue weighted by Crippen LogP contribution is -2.24. The maximum Gasteiger partial charge on any atom is 0.140 e. The Morgan fingerprint density at radius 3 is 1.85 bits per heavy atom. The van der Waals surface area contributed by atoms with Gasteiger partial charge in [0, 0.05) is 43.4 Å². The van der Waals surface area contributed by atoms with Gasteiger partial charge in [0.25, 0.3) is 0 Å². The van der Waals surface area contributed by atoms with E-state index in [1.165, 1.54) is 12.1 Å². The Morgan fingerprint density at radius 2 is 1.23 bits per heavy atom. The Morgan fingerprint density at radius 1 is 0.667 bits per heavy atom. The third kappa shape index (κ3) is 6.68. The SMILES string of the molecule is CCCCn1c(-c2ccccc2)nc(-c2ccccc2)c1CN(Cc1ccccc1)Cc1cc(F)cc(F)c1. The van der Waals surface area contributed by atoms with Crippen LogP contribution in [0.4, 0.5) is 8.78 Å². The topological polar surface area (TPSA) is 21.1 Å². The van der Waals surface area contributed by atoms with Crippen molar-refractivity contribution in [2.24, 2.45) is 0 Å². The van der Waals surface area contributed by atoms with Crippen molar-refractivity contribution in [2.45, 2.75) is 45.9 Å². The van der Waals surface area contributed by atoms with Gasteiger partial charge in [0.2, 0.25) is 0 Å². The van der Waals surface area contributed by atoms with Gasteiger partial charge in [-0.05, 0) is 29.7 Å². The molecule has 0 bridgehead atoms. The molecule has 0 spiro atoms. The number of aromatic nitrogens is 2. The van der Waals surface area contributed by atoms with Crippen molar-refractivity contribution in [1.82, 2.24) is 14.5 Å². The zero-order chi connectivity index (χ0) is 27.0. The van der Waals surface area contributed by atoms with Crippen LogP contribution in [-0.4, -0.2) is 14.5 Å². The summed E-state index contributed by atoms with van der Waals surface area (Å²) in [4.78, 5) is 7.46. The molecular weight excluding hydrogens is 488 g/mol. The van der Waals surface area contributed by atoms with Gasteiger partial charge in [0.05, 0.1) is 11.4 Å². The summed E-state index contributed by atoms with van der Waals surface area (Å²) in [5.41, 5.74) is 5.90. The van der Waals surface area contributed by atoms with Crippen LogP contribution in [0.5, 0.6) is 0 Å². The summed E-state index contributed by atoms with van der Waals surface area (Å²) in [6.07, 6.45) is 2.08. The summed E-state index contributed by atoms with van der Waals surface area (Å²) in [6.45, 7) is 4.63. The summed E-state index contributed by atoms with van der Waals surface area (Å²) >= 11 is 0. The van der Waals surface area contributed by atoms with Crippen LogP contribution >= 0.6 is 0 Å². The van der Waals surface area contributed by atoms with Crippen LogP contribution in [0, 0.1) is 11.6 Å². The lowest BCUT2D eigenvalue weighted by Gasteiger charge is -2.25. The number of hydrogen-bond donors (Lipinski definition) is 0. The Labute approximate surface area is 229 Å². The summed E-state index contributed by atoms with van der Waals surface area (Å²) in [5, 5.41) is 0. The fourth-order valence-electron chi connectivity index (χ4n) is 5.02. The van der Waals surface area contributed by atoms with Crippen LogP contribution in [0.25, 0.3) is 22.6 Å². The largest absolute Gasteiger partial charge is 0.326 e. The van der Waals surface area contributed by atoms with Gasteiger partial charge in [-0.15, -0.1) is 0 Å². The lowest BCUT2D eigenvalue weighted by atomic mass is 10.1. The van der Waals surface area contributed by atoms with E-state index in [1.807, 2.05) is 54.6 Å². The number of nitrogens with zero attached hydrogens (tertiary/aromatic N) is 3. The second-order valence-electron chi connectivity index (χ2n) is 9.88. The first-order valence-corrected chi connectivity index (χ1v) is 13.5. The third-order valence-electron chi connectivity index (χ3n) is 6.84. The summed E-state index contributed by atoms with van der Waals surface area (Å²) in [5.74, 6) is -0.183. The molecule has 0 aliphatic rings. The van der Waals surface area contributed by atoms with Gasteiger partial charge in [-0.3, -0.25) is 4.90 Å². The highest BCUT2D eigenvalue weighted by atomic mass is 19.1. The van der Waals surface area contributed by atoms with Gasteiger partial charge in [-0.1, -0.05) is 104 Å². The van der Waals surface area contributed by atoms with E-state index < -0.39 is 11.6 Å². The van der Waals surface area contributed by atoms with E-state index in [1.54, 1.807) is 0 Å². The number of rotatable bonds is 11. The minimum absolute atomic E-state index is 0.400. The minimum atomic E-state index is -0.561. The Balaban J connectivity index is 1.62. The van der Waals surface area contributed by atoms with Gasteiger partial charge >= 0.3 is 0 Å². The Bertz CT molecular complexity index is 1460. The molecule has 0 N–H and O–H groups in total. The summed E-state index contributed by atoms with van der Waals surface area (Å²) in [7, 11) is 0. The van der Waals surface area contributed by atoms with Gasteiger partial charge < -0.3 is 4.57 Å². The molecule has 0 amide bonds. The second-order valence-corrected chi connectivity index (χ2v) is 9.88. The first-order valence-electron chi connectivity index (χ1n) is 13.5. The Kier molecular flexibility index (Phi) is 8.59. The molecule has 5 rings (SSSR count). The van der Waals surface area contributed by atoms with E-state index in [2.05, 4.69) is 52.8 Å². The minimum Gasteiger partial charge on any atom is -0.326 e. The van der Waals surface area contributed by atoms with Gasteiger partial charge in [-0.25, -0.2) is 13.8 Å². The van der Waals surface area contributed by atoms with Crippen LogP contribution in [0.1, 0.15) is 36.6 Å². The molecule has 0 unspecified atom stereocenters. The van der Waals surface area contributed by atoms with Crippen molar-refractivity contribution in [1.29, 1.82) is 0 Å². The molecule has 198 valence electrons. The molecule has 1 heterocycles. The molecule has 4 aromatic carbocycles. The first kappa shape index (κ1) is 26.5. The van der Waals surface area contributed by atoms with Gasteiger partial charge in [0.15, 0.2) is 0 Å². The summed E-state index contributed by atoms with van der Waals surface area (Å²) in [6, 6.07) is 34.5. The van der Waals surface area contributed by atoms with Crippen LogP contribution < -0.4 is 0 Å². The molecule has 0 fully saturated rings. The van der Waals surface area contributed by atoms with E-state index in [0.717, 1.165) is 59.4 Å². The van der Waals surface area contributed by atoms with Crippen molar-refractivity contribution < 1.29 is 8.78 Å². The molecule has 0 aliphatic carbocycles. The molecule has 1 aromatic heterocycles. The van der Waals surface area contributed by atoms with Crippen molar-refractivity contribution in [3.8, 4) is 22.6 Å². The molecule has 39 heavy (non-hydrogen) atoms. The number of unbranched alkanes of at least 4 members (excludes halogenated alkanes) is 1. The monoisotopic (exact) mass is 521 g/mol. The molecule has 5 heteroatoms. The average Bonchev–Trinajstić information content (AvgIpc) is 3.30. The third-order valence-corrected chi connectivity index (χ3v) is 6.84. The molecule has 0 aliphatic heterocycles. The smallest absolute Gasteiger partial charge is 0.140 e. The number of imidazole rings is 1. The van der Waals surface area contributed by atoms with Crippen LogP contribution in [-0.2, 0) is 26.2 Å². The predicted octanol–water partition coefficient (Wildman–Crippen LogP) is 8.50. The van der Waals surface area contributed by atoms with Gasteiger partial charge in [0.1, 0.15) is 17.5 Å². The highest BCUT2D eigenvalue weighted by Gasteiger charge is 2.22. The molecule has 0 atom stereocenters. The number of hydrogen-bond acceptors (Lipinski definition) is 2. The van der Waals surface area contributed by atoms with E-state index in [-0.39, 0.29) is 0 Å². The fraction of sp³-hybridized carbons (Fsp3) is 0.206. The quantitative estimate of drug-likeness (QED) is 0.174. The zero-order valence-electron chi connectivity index (χ0n) is 22.2. The standard InChI is InChI=1S/C34H33F2N3/c1-2-3-19-39-32(33(28-15-9-5-10-16-28)37-34(39)29-17-11-6-12-18-29)25-38(23-26-13-7-4-8-14-26)24-27-20-30(35)22-31(36)21-27/h4-18,20-22H,2-3,19,23-25H2,1H3. The van der Waals surface area contributed by atoms with E-state index >= 15 is 0 Å². The van der Waals surface area contributed by atoms with Crippen LogP contribution in [0.2, 0.25) is 0 Å². The Hall–Kier alpha value is -4.09. The lowest BCUT2D eigenvalue weighted by molar-refractivity contribution is 0.240. The van der Waals surface area contributed by atoms with Crippen molar-refractivity contribution in [2.75, 3.05) is 0 Å². The maximum absolute atomic E-state index is 14.1. The molecule has 0 saturated carbocycles. The molecule has 5 aromatic rings. The molecule has 0 saturated heterocycles. The zero-order valence-corrected chi connectivity index (χ0v) is 22.2. The van der Waals surface area contributed by atoms with Crippen molar-refractivity contribution in [3.63, 3.8) is 0 Å². The van der Waals surface area contributed by atoms with E-state index in [0.29, 0.717) is 25.2 Å². The second kappa shape index (κ2) is 12.6. The fourth-order valence-corrected chi connectivity index (χ4v) is 5.02. The maximum atomic E-state index is 14.1. The van der Waals surface area contributed by atoms with Crippen LogP contribution in [0.3, 0.4) is 0 Å².